The van der Waals surface area contributed by atoms with Gasteiger partial charge in [0.15, 0.2) is 6.10 Å². The van der Waals surface area contributed by atoms with E-state index in [1.807, 2.05) is 6.07 Å². The quantitative estimate of drug-likeness (QED) is 0.904. The molecule has 2 N–H and O–H groups in total. The van der Waals surface area contributed by atoms with Crippen molar-refractivity contribution in [3.63, 3.8) is 0 Å². The number of benzene rings is 1. The van der Waals surface area contributed by atoms with Gasteiger partial charge in [0, 0.05) is 5.02 Å². The van der Waals surface area contributed by atoms with Gasteiger partial charge in [0.2, 0.25) is 0 Å². The molecule has 1 heterocycles. The van der Waals surface area contributed by atoms with Crippen molar-refractivity contribution in [2.75, 3.05) is 5.32 Å². The first-order valence-corrected chi connectivity index (χ1v) is 6.14. The second kappa shape index (κ2) is 6.08. The van der Waals surface area contributed by atoms with Crippen LogP contribution in [-0.4, -0.2) is 22.2 Å². The molecule has 1 atom stereocenters. The fraction of sp³-hybridized carbons (Fsp3) is 0.154. The van der Waals surface area contributed by atoms with Crippen molar-refractivity contribution in [1.82, 2.24) is 10.2 Å². The molecular weight excluding hydrogens is 280 g/mol. The van der Waals surface area contributed by atoms with Gasteiger partial charge in [-0.15, -0.1) is 0 Å². The number of nitrogens with zero attached hydrogens (tertiary/aromatic N) is 2. The summed E-state index contributed by atoms with van der Waals surface area (Å²) in [4.78, 5) is 11.9. The molecule has 2 rings (SSSR count). The van der Waals surface area contributed by atoms with Crippen molar-refractivity contribution in [3.8, 4) is 11.8 Å². The lowest BCUT2D eigenvalue weighted by molar-refractivity contribution is -0.122. The maximum atomic E-state index is 11.9. The Morgan fingerprint density at radius 1 is 1.60 bits per heavy atom. The van der Waals surface area contributed by atoms with Crippen LogP contribution in [0.1, 0.15) is 12.5 Å². The third kappa shape index (κ3) is 3.28. The zero-order valence-corrected chi connectivity index (χ0v) is 11.3. The molecule has 0 fully saturated rings. The first-order chi connectivity index (χ1) is 9.60. The minimum atomic E-state index is -0.747. The third-order valence-electron chi connectivity index (χ3n) is 2.49. The predicted octanol–water partition coefficient (Wildman–Crippen LogP) is 2.34. The molecule has 0 saturated carbocycles. The van der Waals surface area contributed by atoms with Gasteiger partial charge < -0.3 is 10.1 Å². The van der Waals surface area contributed by atoms with Crippen molar-refractivity contribution >= 4 is 23.3 Å². The van der Waals surface area contributed by atoms with E-state index in [0.29, 0.717) is 10.8 Å². The standard InChI is InChI=1S/C13H11ClN4O2/c1-8(20-11-4-2-3-10(14)5-11)13(19)17-12-9(6-15)7-16-18-12/h2-5,7-8H,1H3,(H2,16,17,18,19). The molecule has 1 aromatic carbocycles. The van der Waals surface area contributed by atoms with Gasteiger partial charge in [-0.2, -0.15) is 10.4 Å². The van der Waals surface area contributed by atoms with Crippen molar-refractivity contribution in [3.05, 3.63) is 41.0 Å². The minimum absolute atomic E-state index is 0.249. The highest BCUT2D eigenvalue weighted by Crippen LogP contribution is 2.19. The lowest BCUT2D eigenvalue weighted by Gasteiger charge is -2.14. The third-order valence-corrected chi connectivity index (χ3v) is 2.72. The number of H-pyrrole nitrogens is 1. The Labute approximate surface area is 120 Å². The fourth-order valence-corrected chi connectivity index (χ4v) is 1.67. The van der Waals surface area contributed by atoms with Crippen LogP contribution in [0.2, 0.25) is 5.02 Å². The number of ether oxygens (including phenoxy) is 1. The van der Waals surface area contributed by atoms with Crippen LogP contribution in [-0.2, 0) is 4.79 Å². The number of nitriles is 1. The summed E-state index contributed by atoms with van der Waals surface area (Å²) in [7, 11) is 0. The second-order valence-electron chi connectivity index (χ2n) is 3.98. The highest BCUT2D eigenvalue weighted by molar-refractivity contribution is 6.30. The average Bonchev–Trinajstić information content (AvgIpc) is 2.85. The van der Waals surface area contributed by atoms with Gasteiger partial charge in [0.05, 0.1) is 6.20 Å². The summed E-state index contributed by atoms with van der Waals surface area (Å²) in [6.07, 6.45) is 0.585. The average molecular weight is 291 g/mol. The molecule has 1 aromatic heterocycles. The predicted molar refractivity (Wildman–Crippen MR) is 73.5 cm³/mol. The zero-order valence-electron chi connectivity index (χ0n) is 10.6. The molecule has 0 saturated heterocycles. The summed E-state index contributed by atoms with van der Waals surface area (Å²) in [5.74, 6) is 0.343. The van der Waals surface area contributed by atoms with Crippen molar-refractivity contribution in [2.24, 2.45) is 0 Å². The summed E-state index contributed by atoms with van der Waals surface area (Å²) in [5.41, 5.74) is 0.258. The van der Waals surface area contributed by atoms with E-state index in [0.717, 1.165) is 0 Å². The Morgan fingerprint density at radius 3 is 3.10 bits per heavy atom. The summed E-state index contributed by atoms with van der Waals surface area (Å²) >= 11 is 5.83. The van der Waals surface area contributed by atoms with Gasteiger partial charge in [-0.05, 0) is 25.1 Å². The summed E-state index contributed by atoms with van der Waals surface area (Å²) < 4.78 is 5.47. The molecule has 1 unspecified atom stereocenters. The topological polar surface area (TPSA) is 90.8 Å². The lowest BCUT2D eigenvalue weighted by Crippen LogP contribution is -2.30. The van der Waals surface area contributed by atoms with Gasteiger partial charge >= 0.3 is 0 Å². The van der Waals surface area contributed by atoms with E-state index >= 15 is 0 Å². The molecule has 0 aliphatic carbocycles. The van der Waals surface area contributed by atoms with Crippen molar-refractivity contribution < 1.29 is 9.53 Å². The van der Waals surface area contributed by atoms with Crippen LogP contribution in [0.3, 0.4) is 0 Å². The molecular formula is C13H11ClN4O2. The number of aromatic nitrogens is 2. The Hall–Kier alpha value is -2.52. The number of carbonyl (C=O) groups excluding carboxylic acids is 1. The van der Waals surface area contributed by atoms with E-state index in [-0.39, 0.29) is 11.4 Å². The maximum absolute atomic E-state index is 11.9. The van der Waals surface area contributed by atoms with Crippen LogP contribution in [0.15, 0.2) is 30.5 Å². The molecule has 0 aliphatic rings. The van der Waals surface area contributed by atoms with E-state index in [2.05, 4.69) is 15.5 Å². The number of halogens is 1. The van der Waals surface area contributed by atoms with Gasteiger partial charge in [-0.25, -0.2) is 0 Å². The molecule has 0 bridgehead atoms. The molecule has 0 aliphatic heterocycles. The van der Waals surface area contributed by atoms with Crippen LogP contribution < -0.4 is 10.1 Å². The van der Waals surface area contributed by atoms with E-state index in [4.69, 9.17) is 21.6 Å². The number of nitrogens with one attached hydrogen (secondary N) is 2. The normalized spacial score (nSPS) is 11.4. The van der Waals surface area contributed by atoms with Gasteiger partial charge in [0.25, 0.3) is 5.91 Å². The SMILES string of the molecule is CC(Oc1cccc(Cl)c1)C(=O)Nc1[nH]ncc1C#N. The molecule has 0 spiro atoms. The molecule has 6 nitrogen and oxygen atoms in total. The van der Waals surface area contributed by atoms with Gasteiger partial charge in [-0.3, -0.25) is 9.89 Å². The monoisotopic (exact) mass is 290 g/mol. The van der Waals surface area contributed by atoms with Crippen LogP contribution in [0.25, 0.3) is 0 Å². The van der Waals surface area contributed by atoms with Crippen LogP contribution in [0, 0.1) is 11.3 Å². The van der Waals surface area contributed by atoms with Crippen LogP contribution >= 0.6 is 11.6 Å². The van der Waals surface area contributed by atoms with Crippen LogP contribution in [0.4, 0.5) is 5.82 Å². The Morgan fingerprint density at radius 2 is 2.40 bits per heavy atom. The number of anilines is 1. The lowest BCUT2D eigenvalue weighted by atomic mass is 10.3. The van der Waals surface area contributed by atoms with Crippen LogP contribution in [0.5, 0.6) is 5.75 Å². The van der Waals surface area contributed by atoms with E-state index in [9.17, 15) is 4.79 Å². The number of rotatable bonds is 4. The summed E-state index contributed by atoms with van der Waals surface area (Å²) in [6.45, 7) is 1.60. The maximum Gasteiger partial charge on any atom is 0.266 e. The summed E-state index contributed by atoms with van der Waals surface area (Å²) in [6, 6.07) is 8.66. The molecule has 102 valence electrons. The highest BCUT2D eigenvalue weighted by atomic mass is 35.5. The van der Waals surface area contributed by atoms with Gasteiger partial charge in [0.1, 0.15) is 23.2 Å². The second-order valence-corrected chi connectivity index (χ2v) is 4.41. The fourth-order valence-electron chi connectivity index (χ4n) is 1.49. The molecule has 7 heteroatoms. The number of amides is 1. The van der Waals surface area contributed by atoms with Gasteiger partial charge in [-0.1, -0.05) is 17.7 Å². The minimum Gasteiger partial charge on any atom is -0.481 e. The van der Waals surface area contributed by atoms with E-state index in [1.54, 1.807) is 31.2 Å². The van der Waals surface area contributed by atoms with Crippen molar-refractivity contribution in [2.45, 2.75) is 13.0 Å². The van der Waals surface area contributed by atoms with Crippen molar-refractivity contribution in [1.29, 1.82) is 5.26 Å². The Balaban J connectivity index is 2.01. The Bertz CT molecular complexity index is 662. The largest absolute Gasteiger partial charge is 0.481 e. The first-order valence-electron chi connectivity index (χ1n) is 5.76. The number of carbonyl (C=O) groups is 1. The molecule has 1 amide bonds. The molecule has 20 heavy (non-hydrogen) atoms. The zero-order chi connectivity index (χ0) is 14.5. The molecule has 0 radical (unpaired) electrons. The first kappa shape index (κ1) is 13.9. The Kier molecular flexibility index (Phi) is 4.23. The molecule has 2 aromatic rings. The van der Waals surface area contributed by atoms with E-state index in [1.165, 1.54) is 6.20 Å². The highest BCUT2D eigenvalue weighted by Gasteiger charge is 2.17. The number of hydrogen-bond donors (Lipinski definition) is 2. The van der Waals surface area contributed by atoms with E-state index < -0.39 is 12.0 Å². The summed E-state index contributed by atoms with van der Waals surface area (Å²) in [5, 5.41) is 18.1. The number of hydrogen-bond acceptors (Lipinski definition) is 4. The smallest absolute Gasteiger partial charge is 0.266 e. The number of aromatic amines is 1.